The van der Waals surface area contributed by atoms with Crippen molar-refractivity contribution in [3.05, 3.63) is 30.3 Å². The van der Waals surface area contributed by atoms with Gasteiger partial charge in [-0.1, -0.05) is 18.2 Å². The number of nitrogens with one attached hydrogen (secondary N) is 1. The van der Waals surface area contributed by atoms with Crippen LogP contribution in [-0.4, -0.2) is 30.7 Å². The fourth-order valence-electron chi connectivity index (χ4n) is 1.66. The van der Waals surface area contributed by atoms with Gasteiger partial charge in [0.1, 0.15) is 11.9 Å². The highest BCUT2D eigenvalue weighted by Crippen LogP contribution is 2.20. The molecular weight excluding hydrogens is 194 g/mol. The molecule has 0 saturated carbocycles. The molecule has 2 rings (SSSR count). The van der Waals surface area contributed by atoms with Crippen molar-refractivity contribution in [1.82, 2.24) is 5.32 Å². The van der Waals surface area contributed by atoms with Crippen molar-refractivity contribution in [2.45, 2.75) is 11.4 Å². The second-order valence-electron chi connectivity index (χ2n) is 3.40. The summed E-state index contributed by atoms with van der Waals surface area (Å²) in [6, 6.07) is 10.0. The maximum absolute atomic E-state index is 5.90. The fourth-order valence-corrected chi connectivity index (χ4v) is 2.40. The molecule has 0 amide bonds. The van der Waals surface area contributed by atoms with Gasteiger partial charge in [-0.25, -0.2) is 0 Å². The zero-order chi connectivity index (χ0) is 9.80. The highest BCUT2D eigenvalue weighted by Gasteiger charge is 2.27. The van der Waals surface area contributed by atoms with Gasteiger partial charge in [0, 0.05) is 13.1 Å². The fraction of sp³-hybridized carbons (Fsp3) is 0.455. The topological polar surface area (TPSA) is 21.3 Å². The molecule has 2 nitrogen and oxygen atoms in total. The lowest BCUT2D eigenvalue weighted by molar-refractivity contribution is 0.228. The molecule has 1 aliphatic heterocycles. The smallest absolute Gasteiger partial charge is 0.124 e. The molecule has 1 heterocycles. The maximum atomic E-state index is 5.90. The molecule has 0 bridgehead atoms. The van der Waals surface area contributed by atoms with Crippen LogP contribution in [-0.2, 0) is 0 Å². The number of ether oxygens (including phenoxy) is 1. The normalized spacial score (nSPS) is 26.4. The quantitative estimate of drug-likeness (QED) is 0.819. The van der Waals surface area contributed by atoms with Gasteiger partial charge in [-0.15, -0.1) is 0 Å². The van der Waals surface area contributed by atoms with Crippen LogP contribution >= 0.6 is 11.8 Å². The van der Waals surface area contributed by atoms with Gasteiger partial charge in [0.15, 0.2) is 0 Å². The molecule has 2 unspecified atom stereocenters. The van der Waals surface area contributed by atoms with Gasteiger partial charge in [-0.05, 0) is 18.4 Å². The average Bonchev–Trinajstić information content (AvgIpc) is 2.67. The Labute approximate surface area is 89.0 Å². The van der Waals surface area contributed by atoms with Crippen molar-refractivity contribution in [1.29, 1.82) is 0 Å². The first-order valence-electron chi connectivity index (χ1n) is 4.85. The Morgan fingerprint density at radius 2 is 2.07 bits per heavy atom. The SMILES string of the molecule is CSC1CNCC1Oc1ccccc1. The molecule has 2 atom stereocenters. The summed E-state index contributed by atoms with van der Waals surface area (Å²) in [6.45, 7) is 2.01. The molecule has 14 heavy (non-hydrogen) atoms. The van der Waals surface area contributed by atoms with Crippen LogP contribution in [0.4, 0.5) is 0 Å². The van der Waals surface area contributed by atoms with Crippen LogP contribution in [0, 0.1) is 0 Å². The van der Waals surface area contributed by atoms with Gasteiger partial charge in [-0.3, -0.25) is 0 Å². The van der Waals surface area contributed by atoms with E-state index in [-0.39, 0.29) is 0 Å². The summed E-state index contributed by atoms with van der Waals surface area (Å²) >= 11 is 1.87. The number of benzene rings is 1. The van der Waals surface area contributed by atoms with Crippen molar-refractivity contribution < 1.29 is 4.74 Å². The molecule has 1 N–H and O–H groups in total. The molecular formula is C11H15NOS. The Bertz CT molecular complexity index is 278. The lowest BCUT2D eigenvalue weighted by atomic mass is 10.3. The van der Waals surface area contributed by atoms with E-state index in [1.54, 1.807) is 0 Å². The molecule has 0 aliphatic carbocycles. The second-order valence-corrected chi connectivity index (χ2v) is 4.48. The first-order valence-corrected chi connectivity index (χ1v) is 6.14. The highest BCUT2D eigenvalue weighted by atomic mass is 32.2. The molecule has 1 aromatic rings. The third-order valence-electron chi connectivity index (χ3n) is 2.44. The minimum Gasteiger partial charge on any atom is -0.488 e. The zero-order valence-electron chi connectivity index (χ0n) is 8.27. The summed E-state index contributed by atoms with van der Waals surface area (Å²) in [6.07, 6.45) is 2.45. The van der Waals surface area contributed by atoms with Crippen LogP contribution in [0.5, 0.6) is 5.75 Å². The Morgan fingerprint density at radius 1 is 1.29 bits per heavy atom. The van der Waals surface area contributed by atoms with Gasteiger partial charge >= 0.3 is 0 Å². The molecule has 1 fully saturated rings. The number of para-hydroxylation sites is 1. The van der Waals surface area contributed by atoms with E-state index in [1.807, 2.05) is 42.1 Å². The number of hydrogen-bond donors (Lipinski definition) is 1. The van der Waals surface area contributed by atoms with E-state index >= 15 is 0 Å². The van der Waals surface area contributed by atoms with E-state index in [2.05, 4.69) is 11.6 Å². The van der Waals surface area contributed by atoms with Crippen molar-refractivity contribution >= 4 is 11.8 Å². The highest BCUT2D eigenvalue weighted by molar-refractivity contribution is 7.99. The summed E-state index contributed by atoms with van der Waals surface area (Å²) in [5.41, 5.74) is 0. The first kappa shape index (κ1) is 9.87. The monoisotopic (exact) mass is 209 g/mol. The molecule has 1 aliphatic rings. The van der Waals surface area contributed by atoms with Crippen LogP contribution in [0.1, 0.15) is 0 Å². The predicted octanol–water partition coefficient (Wildman–Crippen LogP) is 1.77. The van der Waals surface area contributed by atoms with Gasteiger partial charge in [0.2, 0.25) is 0 Å². The van der Waals surface area contributed by atoms with Gasteiger partial charge in [0.25, 0.3) is 0 Å². The van der Waals surface area contributed by atoms with E-state index in [9.17, 15) is 0 Å². The van der Waals surface area contributed by atoms with Gasteiger partial charge < -0.3 is 10.1 Å². The van der Waals surface area contributed by atoms with Gasteiger partial charge in [0.05, 0.1) is 5.25 Å². The molecule has 76 valence electrons. The molecule has 0 aromatic heterocycles. The van der Waals surface area contributed by atoms with E-state index in [1.165, 1.54) is 0 Å². The largest absolute Gasteiger partial charge is 0.488 e. The van der Waals surface area contributed by atoms with Crippen molar-refractivity contribution in [3.8, 4) is 5.75 Å². The lowest BCUT2D eigenvalue weighted by Gasteiger charge is -2.18. The van der Waals surface area contributed by atoms with Crippen molar-refractivity contribution in [3.63, 3.8) is 0 Å². The first-order chi connectivity index (χ1) is 6.90. The second kappa shape index (κ2) is 4.71. The Kier molecular flexibility index (Phi) is 3.32. The summed E-state index contributed by atoms with van der Waals surface area (Å²) in [4.78, 5) is 0. The third kappa shape index (κ3) is 2.22. The van der Waals surface area contributed by atoms with E-state index in [4.69, 9.17) is 4.74 Å². The number of rotatable bonds is 3. The average molecular weight is 209 g/mol. The molecule has 1 saturated heterocycles. The summed E-state index contributed by atoms with van der Waals surface area (Å²) in [7, 11) is 0. The van der Waals surface area contributed by atoms with Crippen LogP contribution < -0.4 is 10.1 Å². The Morgan fingerprint density at radius 3 is 2.79 bits per heavy atom. The standard InChI is InChI=1S/C11H15NOS/c1-14-11-8-12-7-10(11)13-9-5-3-2-4-6-9/h2-6,10-12H,7-8H2,1H3. The van der Waals surface area contributed by atoms with E-state index < -0.39 is 0 Å². The lowest BCUT2D eigenvalue weighted by Crippen LogP contribution is -2.27. The van der Waals surface area contributed by atoms with Crippen molar-refractivity contribution in [2.24, 2.45) is 0 Å². The molecule has 3 heteroatoms. The van der Waals surface area contributed by atoms with Crippen LogP contribution in [0.25, 0.3) is 0 Å². The third-order valence-corrected chi connectivity index (χ3v) is 3.51. The Hall–Kier alpha value is -0.670. The van der Waals surface area contributed by atoms with Crippen LogP contribution in [0.2, 0.25) is 0 Å². The maximum Gasteiger partial charge on any atom is 0.124 e. The minimum absolute atomic E-state index is 0.312. The molecule has 0 radical (unpaired) electrons. The number of thioether (sulfide) groups is 1. The van der Waals surface area contributed by atoms with E-state index in [0.29, 0.717) is 11.4 Å². The summed E-state index contributed by atoms with van der Waals surface area (Å²) < 4.78 is 5.90. The summed E-state index contributed by atoms with van der Waals surface area (Å²) in [5.74, 6) is 0.972. The molecule has 0 spiro atoms. The molecule has 1 aromatic carbocycles. The minimum atomic E-state index is 0.312. The number of hydrogen-bond acceptors (Lipinski definition) is 3. The zero-order valence-corrected chi connectivity index (χ0v) is 9.09. The summed E-state index contributed by atoms with van der Waals surface area (Å²) in [5, 5.41) is 3.93. The van der Waals surface area contributed by atoms with Crippen LogP contribution in [0.15, 0.2) is 30.3 Å². The Balaban J connectivity index is 1.97. The van der Waals surface area contributed by atoms with E-state index in [0.717, 1.165) is 18.8 Å². The predicted molar refractivity (Wildman–Crippen MR) is 61.0 cm³/mol. The van der Waals surface area contributed by atoms with Gasteiger partial charge in [-0.2, -0.15) is 11.8 Å². The van der Waals surface area contributed by atoms with Crippen molar-refractivity contribution in [2.75, 3.05) is 19.3 Å². The van der Waals surface area contributed by atoms with Crippen LogP contribution in [0.3, 0.4) is 0 Å².